The quantitative estimate of drug-likeness (QED) is 0.855. The summed E-state index contributed by atoms with van der Waals surface area (Å²) in [4.78, 5) is 11.8. The Morgan fingerprint density at radius 1 is 1.27 bits per heavy atom. The third-order valence-corrected chi connectivity index (χ3v) is 3.81. The van der Waals surface area contributed by atoms with Gasteiger partial charge in [0.15, 0.2) is 11.5 Å². The molecule has 6 nitrogen and oxygen atoms in total. The number of benzene rings is 1. The van der Waals surface area contributed by atoms with Crippen LogP contribution in [0.25, 0.3) is 0 Å². The number of carbonyl (C=O) groups is 1. The van der Waals surface area contributed by atoms with Crippen LogP contribution >= 0.6 is 0 Å². The summed E-state index contributed by atoms with van der Waals surface area (Å²) in [6.07, 6.45) is 2.21. The summed E-state index contributed by atoms with van der Waals surface area (Å²) >= 11 is 0. The Morgan fingerprint density at radius 2 is 2.14 bits per heavy atom. The van der Waals surface area contributed by atoms with Gasteiger partial charge in [-0.25, -0.2) is 5.01 Å². The molecule has 0 spiro atoms. The van der Waals surface area contributed by atoms with Gasteiger partial charge in [-0.3, -0.25) is 4.79 Å². The van der Waals surface area contributed by atoms with Crippen LogP contribution in [0, 0.1) is 0 Å². The molecule has 0 saturated carbocycles. The third-order valence-electron chi connectivity index (χ3n) is 3.81. The minimum atomic E-state index is -0.201. The predicted octanol–water partition coefficient (Wildman–Crippen LogP) is 2.71. The second-order valence-corrected chi connectivity index (χ2v) is 5.21. The maximum Gasteiger partial charge on any atom is 0.240 e. The number of amides is 1. The minimum absolute atomic E-state index is 0.114. The molecule has 0 bridgehead atoms. The number of carbonyl (C=O) groups excluding carboxylic acids is 1. The summed E-state index contributed by atoms with van der Waals surface area (Å²) in [5, 5.41) is 5.94. The Labute approximate surface area is 126 Å². The molecule has 6 heteroatoms. The molecule has 1 aromatic carbocycles. The van der Waals surface area contributed by atoms with E-state index in [1.807, 2.05) is 30.3 Å². The van der Waals surface area contributed by atoms with Crippen LogP contribution in [-0.4, -0.2) is 23.4 Å². The maximum atomic E-state index is 11.8. The average molecular weight is 298 g/mol. The van der Waals surface area contributed by atoms with Crippen LogP contribution in [0.1, 0.15) is 30.7 Å². The molecule has 4 rings (SSSR count). The number of rotatable bonds is 2. The summed E-state index contributed by atoms with van der Waals surface area (Å²) < 4.78 is 16.2. The van der Waals surface area contributed by atoms with Crippen molar-refractivity contribution in [3.63, 3.8) is 0 Å². The monoisotopic (exact) mass is 298 g/mol. The lowest BCUT2D eigenvalue weighted by molar-refractivity contribution is -0.130. The lowest BCUT2D eigenvalue weighted by Gasteiger charge is -2.17. The van der Waals surface area contributed by atoms with Gasteiger partial charge in [-0.05, 0) is 30.3 Å². The highest BCUT2D eigenvalue weighted by Crippen LogP contribution is 2.37. The molecular weight excluding hydrogens is 284 g/mol. The van der Waals surface area contributed by atoms with Crippen molar-refractivity contribution in [1.29, 1.82) is 0 Å². The van der Waals surface area contributed by atoms with E-state index in [0.29, 0.717) is 12.2 Å². The topological polar surface area (TPSA) is 64.3 Å². The SMILES string of the molecule is CC(=O)N1N=C(c2ccc3c(c2)OCO3)C[C@@H]1c1ccco1. The van der Waals surface area contributed by atoms with Crippen molar-refractivity contribution < 1.29 is 18.7 Å². The first-order chi connectivity index (χ1) is 10.7. The van der Waals surface area contributed by atoms with Gasteiger partial charge in [0, 0.05) is 18.9 Å². The van der Waals surface area contributed by atoms with Crippen molar-refractivity contribution in [1.82, 2.24) is 5.01 Å². The highest BCUT2D eigenvalue weighted by molar-refractivity contribution is 6.03. The Balaban J connectivity index is 1.68. The van der Waals surface area contributed by atoms with E-state index < -0.39 is 0 Å². The van der Waals surface area contributed by atoms with E-state index in [9.17, 15) is 4.79 Å². The van der Waals surface area contributed by atoms with Gasteiger partial charge in [0.25, 0.3) is 0 Å². The fraction of sp³-hybridized carbons (Fsp3) is 0.250. The average Bonchev–Trinajstić information content (AvgIpc) is 3.25. The van der Waals surface area contributed by atoms with Crippen LogP contribution in [0.4, 0.5) is 0 Å². The number of ether oxygens (including phenoxy) is 2. The number of nitrogens with zero attached hydrogens (tertiary/aromatic N) is 2. The van der Waals surface area contributed by atoms with E-state index in [4.69, 9.17) is 13.9 Å². The Kier molecular flexibility index (Phi) is 2.89. The summed E-state index contributed by atoms with van der Waals surface area (Å²) in [6.45, 7) is 1.74. The highest BCUT2D eigenvalue weighted by atomic mass is 16.7. The highest BCUT2D eigenvalue weighted by Gasteiger charge is 2.33. The predicted molar refractivity (Wildman–Crippen MR) is 77.7 cm³/mol. The van der Waals surface area contributed by atoms with Crippen LogP contribution < -0.4 is 9.47 Å². The van der Waals surface area contributed by atoms with Crippen molar-refractivity contribution in [3.05, 3.63) is 47.9 Å². The van der Waals surface area contributed by atoms with Crippen LogP contribution in [0.2, 0.25) is 0 Å². The van der Waals surface area contributed by atoms with Gasteiger partial charge in [-0.2, -0.15) is 5.10 Å². The molecule has 0 unspecified atom stereocenters. The lowest BCUT2D eigenvalue weighted by Crippen LogP contribution is -2.23. The Bertz CT molecular complexity index is 752. The van der Waals surface area contributed by atoms with Crippen molar-refractivity contribution >= 4 is 11.6 Å². The molecule has 3 heterocycles. The standard InChI is InChI=1S/C16H14N2O4/c1-10(19)18-13(14-3-2-6-20-14)8-12(17-18)11-4-5-15-16(7-11)22-9-21-15/h2-7,13H,8-9H2,1H3/t13-/m1/s1. The fourth-order valence-electron chi connectivity index (χ4n) is 2.75. The normalized spacial score (nSPS) is 19.4. The molecule has 1 amide bonds. The van der Waals surface area contributed by atoms with E-state index in [1.54, 1.807) is 6.26 Å². The number of furan rings is 1. The van der Waals surface area contributed by atoms with Gasteiger partial charge in [0.2, 0.25) is 12.7 Å². The number of hydrazone groups is 1. The molecule has 0 aliphatic carbocycles. The van der Waals surface area contributed by atoms with Gasteiger partial charge in [0.05, 0.1) is 12.0 Å². The van der Waals surface area contributed by atoms with E-state index in [0.717, 1.165) is 22.8 Å². The maximum absolute atomic E-state index is 11.8. The van der Waals surface area contributed by atoms with Crippen LogP contribution in [0.5, 0.6) is 11.5 Å². The third kappa shape index (κ3) is 2.04. The number of hydrogen-bond acceptors (Lipinski definition) is 5. The van der Waals surface area contributed by atoms with Crippen molar-refractivity contribution in [2.45, 2.75) is 19.4 Å². The molecule has 0 N–H and O–H groups in total. The van der Waals surface area contributed by atoms with E-state index in [2.05, 4.69) is 5.10 Å². The molecule has 22 heavy (non-hydrogen) atoms. The number of hydrogen-bond donors (Lipinski definition) is 0. The first-order valence-electron chi connectivity index (χ1n) is 7.03. The van der Waals surface area contributed by atoms with Gasteiger partial charge in [-0.1, -0.05) is 0 Å². The summed E-state index contributed by atoms with van der Waals surface area (Å²) in [7, 11) is 0. The van der Waals surface area contributed by atoms with Gasteiger partial charge in [-0.15, -0.1) is 0 Å². The number of fused-ring (bicyclic) bond motifs is 1. The van der Waals surface area contributed by atoms with E-state index in [1.165, 1.54) is 11.9 Å². The zero-order chi connectivity index (χ0) is 15.1. The molecular formula is C16H14N2O4. The van der Waals surface area contributed by atoms with Gasteiger partial charge in [0.1, 0.15) is 11.8 Å². The summed E-state index contributed by atoms with van der Waals surface area (Å²) in [5.41, 5.74) is 1.75. The molecule has 2 aliphatic rings. The zero-order valence-corrected chi connectivity index (χ0v) is 12.0. The fourth-order valence-corrected chi connectivity index (χ4v) is 2.75. The first kappa shape index (κ1) is 12.9. The smallest absolute Gasteiger partial charge is 0.240 e. The second kappa shape index (κ2) is 4.91. The van der Waals surface area contributed by atoms with Gasteiger partial charge < -0.3 is 13.9 Å². The van der Waals surface area contributed by atoms with Crippen molar-refractivity contribution in [2.24, 2.45) is 5.10 Å². The molecule has 0 radical (unpaired) electrons. The molecule has 0 saturated heterocycles. The zero-order valence-electron chi connectivity index (χ0n) is 12.0. The van der Waals surface area contributed by atoms with Crippen molar-refractivity contribution in [2.75, 3.05) is 6.79 Å². The van der Waals surface area contributed by atoms with E-state index >= 15 is 0 Å². The van der Waals surface area contributed by atoms with Gasteiger partial charge >= 0.3 is 0 Å². The minimum Gasteiger partial charge on any atom is -0.467 e. The van der Waals surface area contributed by atoms with Crippen LogP contribution in [-0.2, 0) is 4.79 Å². The first-order valence-corrected chi connectivity index (χ1v) is 7.03. The van der Waals surface area contributed by atoms with E-state index in [-0.39, 0.29) is 18.7 Å². The second-order valence-electron chi connectivity index (χ2n) is 5.21. The Hall–Kier alpha value is -2.76. The van der Waals surface area contributed by atoms with Crippen LogP contribution in [0.15, 0.2) is 46.1 Å². The summed E-state index contributed by atoms with van der Waals surface area (Å²) in [6, 6.07) is 9.15. The summed E-state index contributed by atoms with van der Waals surface area (Å²) in [5.74, 6) is 2.05. The molecule has 1 atom stereocenters. The van der Waals surface area contributed by atoms with Crippen molar-refractivity contribution in [3.8, 4) is 11.5 Å². The molecule has 112 valence electrons. The largest absolute Gasteiger partial charge is 0.467 e. The molecule has 2 aliphatic heterocycles. The lowest BCUT2D eigenvalue weighted by atomic mass is 10.0. The molecule has 2 aromatic rings. The Morgan fingerprint density at radius 3 is 2.91 bits per heavy atom. The molecule has 0 fully saturated rings. The molecule has 1 aromatic heterocycles. The van der Waals surface area contributed by atoms with Crippen LogP contribution in [0.3, 0.4) is 0 Å².